The molecular formula is C26H33NO5P+. The van der Waals surface area contributed by atoms with Gasteiger partial charge in [0.15, 0.2) is 0 Å². The van der Waals surface area contributed by atoms with Crippen molar-refractivity contribution in [2.24, 2.45) is 5.92 Å². The van der Waals surface area contributed by atoms with Crippen LogP contribution in [0, 0.1) is 5.92 Å². The topological polar surface area (TPSA) is 65.1 Å². The zero-order chi connectivity index (χ0) is 23.6. The Morgan fingerprint density at radius 3 is 2.42 bits per heavy atom. The van der Waals surface area contributed by atoms with Gasteiger partial charge in [-0.2, -0.15) is 0 Å². The van der Waals surface area contributed by atoms with E-state index in [-0.39, 0.29) is 6.09 Å². The standard InChI is InChI=1S/C26H33NO5P/c1-4-31-33(29)19-23-11-9-22(10-12-23)18-30-25-8-6-5-7-24(25)17-21-13-15-27(16-14-21)26(28)32-20(2)3/h5-12,21H,2,4,13-19H2,1,3H3/q+1. The number of carbonyl (C=O) groups excluding carboxylic acids is 1. The molecule has 1 saturated heterocycles. The summed E-state index contributed by atoms with van der Waals surface area (Å²) in [4.78, 5) is 13.8. The maximum absolute atomic E-state index is 12.1. The van der Waals surface area contributed by atoms with Gasteiger partial charge in [0.25, 0.3) is 0 Å². The highest BCUT2D eigenvalue weighted by atomic mass is 31.1. The van der Waals surface area contributed by atoms with Crippen LogP contribution in [0.2, 0.25) is 0 Å². The molecule has 0 saturated carbocycles. The molecule has 3 rings (SSSR count). The summed E-state index contributed by atoms with van der Waals surface area (Å²) in [7, 11) is -1.65. The molecule has 0 bridgehead atoms. The van der Waals surface area contributed by atoms with Gasteiger partial charge in [-0.3, -0.25) is 0 Å². The number of carbonyl (C=O) groups is 1. The van der Waals surface area contributed by atoms with Gasteiger partial charge >= 0.3 is 14.1 Å². The van der Waals surface area contributed by atoms with Crippen LogP contribution in [-0.2, 0) is 33.0 Å². The Bertz CT molecular complexity index is 951. The van der Waals surface area contributed by atoms with E-state index in [1.165, 1.54) is 5.56 Å². The fraction of sp³-hybridized carbons (Fsp3) is 0.423. The molecule has 7 heteroatoms. The van der Waals surface area contributed by atoms with E-state index in [4.69, 9.17) is 14.0 Å². The highest BCUT2D eigenvalue weighted by molar-refractivity contribution is 7.38. The first kappa shape index (κ1) is 24.9. The summed E-state index contributed by atoms with van der Waals surface area (Å²) in [6.07, 6.45) is 2.91. The Kier molecular flexibility index (Phi) is 9.47. The number of hydrogen-bond acceptors (Lipinski definition) is 5. The van der Waals surface area contributed by atoms with Crippen molar-refractivity contribution < 1.29 is 23.4 Å². The Morgan fingerprint density at radius 2 is 1.76 bits per heavy atom. The van der Waals surface area contributed by atoms with Gasteiger partial charge in [-0.25, -0.2) is 4.79 Å². The van der Waals surface area contributed by atoms with Gasteiger partial charge < -0.3 is 14.4 Å². The number of para-hydroxylation sites is 1. The third-order valence-corrected chi connectivity index (χ3v) is 6.79. The summed E-state index contributed by atoms with van der Waals surface area (Å²) in [5.74, 6) is 1.81. The molecule has 1 heterocycles. The molecule has 6 nitrogen and oxygen atoms in total. The number of piperidine rings is 1. The maximum atomic E-state index is 12.1. The molecule has 1 aliphatic rings. The summed E-state index contributed by atoms with van der Waals surface area (Å²) in [6, 6.07) is 16.1. The lowest BCUT2D eigenvalue weighted by Crippen LogP contribution is -2.39. The van der Waals surface area contributed by atoms with Crippen LogP contribution >= 0.6 is 8.03 Å². The number of benzene rings is 2. The lowest BCUT2D eigenvalue weighted by atomic mass is 9.90. The quantitative estimate of drug-likeness (QED) is 0.294. The fourth-order valence-corrected chi connectivity index (χ4v) is 4.79. The van der Waals surface area contributed by atoms with Crippen LogP contribution in [0.3, 0.4) is 0 Å². The van der Waals surface area contributed by atoms with Crippen LogP contribution in [0.1, 0.15) is 43.4 Å². The van der Waals surface area contributed by atoms with Crippen molar-refractivity contribution >= 4 is 14.1 Å². The van der Waals surface area contributed by atoms with Crippen LogP contribution in [0.5, 0.6) is 5.75 Å². The van der Waals surface area contributed by atoms with Crippen LogP contribution < -0.4 is 4.74 Å². The SMILES string of the molecule is C=C(C)OC(=O)N1CCC(Cc2ccccc2OCc2ccc(C[P+](=O)OCC)cc2)CC1. The van der Waals surface area contributed by atoms with Gasteiger partial charge in [0.1, 0.15) is 12.4 Å². The Hall–Kier alpha value is -2.69. The number of likely N-dealkylation sites (tertiary alicyclic amines) is 1. The first-order chi connectivity index (χ1) is 15.9. The van der Waals surface area contributed by atoms with Crippen LogP contribution in [0.25, 0.3) is 0 Å². The number of hydrogen-bond donors (Lipinski definition) is 0. The average Bonchev–Trinajstić information content (AvgIpc) is 2.79. The number of allylic oxidation sites excluding steroid dienone is 1. The Morgan fingerprint density at radius 1 is 1.09 bits per heavy atom. The van der Waals surface area contributed by atoms with Crippen molar-refractivity contribution in [1.82, 2.24) is 4.90 Å². The van der Waals surface area contributed by atoms with Gasteiger partial charge in [0.05, 0.1) is 12.4 Å². The molecule has 0 aliphatic carbocycles. The molecular weight excluding hydrogens is 437 g/mol. The van der Waals surface area contributed by atoms with Crippen molar-refractivity contribution in [3.63, 3.8) is 0 Å². The van der Waals surface area contributed by atoms with Crippen molar-refractivity contribution in [3.8, 4) is 5.75 Å². The smallest absolute Gasteiger partial charge is 0.489 e. The number of ether oxygens (including phenoxy) is 2. The molecule has 1 amide bonds. The molecule has 1 aliphatic heterocycles. The van der Waals surface area contributed by atoms with E-state index in [9.17, 15) is 9.36 Å². The van der Waals surface area contributed by atoms with Gasteiger partial charge in [-0.1, -0.05) is 49.0 Å². The van der Waals surface area contributed by atoms with E-state index in [1.807, 2.05) is 49.4 Å². The predicted molar refractivity (Wildman–Crippen MR) is 129 cm³/mol. The first-order valence-electron chi connectivity index (χ1n) is 11.4. The number of rotatable bonds is 10. The monoisotopic (exact) mass is 470 g/mol. The molecule has 0 aromatic heterocycles. The highest BCUT2D eigenvalue weighted by Gasteiger charge is 2.25. The molecule has 176 valence electrons. The maximum Gasteiger partial charge on any atom is 0.512 e. The van der Waals surface area contributed by atoms with Gasteiger partial charge in [-0.15, -0.1) is 4.52 Å². The van der Waals surface area contributed by atoms with E-state index in [2.05, 4.69) is 12.6 Å². The van der Waals surface area contributed by atoms with E-state index in [0.29, 0.717) is 44.1 Å². The normalized spacial score (nSPS) is 14.6. The van der Waals surface area contributed by atoms with Crippen LogP contribution in [0.4, 0.5) is 4.79 Å². The molecule has 1 fully saturated rings. The van der Waals surface area contributed by atoms with Crippen molar-refractivity contribution in [3.05, 3.63) is 77.6 Å². The number of amides is 1. The van der Waals surface area contributed by atoms with Gasteiger partial charge in [-0.05, 0) is 60.8 Å². The van der Waals surface area contributed by atoms with E-state index < -0.39 is 8.03 Å². The highest BCUT2D eigenvalue weighted by Crippen LogP contribution is 2.29. The molecule has 2 aromatic rings. The summed E-state index contributed by atoms with van der Waals surface area (Å²) in [5.41, 5.74) is 3.24. The second-order valence-corrected chi connectivity index (χ2v) is 9.57. The second-order valence-electron chi connectivity index (χ2n) is 8.33. The minimum atomic E-state index is -1.65. The third-order valence-electron chi connectivity index (χ3n) is 5.62. The van der Waals surface area contributed by atoms with Crippen molar-refractivity contribution in [2.45, 2.75) is 45.9 Å². The molecule has 0 radical (unpaired) electrons. The fourth-order valence-electron chi connectivity index (χ4n) is 3.90. The van der Waals surface area contributed by atoms with Crippen molar-refractivity contribution in [2.75, 3.05) is 19.7 Å². The van der Waals surface area contributed by atoms with Crippen molar-refractivity contribution in [1.29, 1.82) is 0 Å². The summed E-state index contributed by atoms with van der Waals surface area (Å²) < 4.78 is 28.2. The van der Waals surface area contributed by atoms with Gasteiger partial charge in [0.2, 0.25) is 6.16 Å². The summed E-state index contributed by atoms with van der Waals surface area (Å²) >= 11 is 0. The lowest BCUT2D eigenvalue weighted by molar-refractivity contribution is 0.110. The molecule has 33 heavy (non-hydrogen) atoms. The lowest BCUT2D eigenvalue weighted by Gasteiger charge is -2.31. The van der Waals surface area contributed by atoms with Gasteiger partial charge in [0, 0.05) is 18.7 Å². The van der Waals surface area contributed by atoms with E-state index >= 15 is 0 Å². The molecule has 2 aromatic carbocycles. The Labute approximate surface area is 197 Å². The minimum absolute atomic E-state index is 0.305. The molecule has 0 spiro atoms. The van der Waals surface area contributed by atoms with E-state index in [0.717, 1.165) is 36.1 Å². The second kappa shape index (κ2) is 12.5. The predicted octanol–water partition coefficient (Wildman–Crippen LogP) is 6.47. The van der Waals surface area contributed by atoms with E-state index in [1.54, 1.807) is 11.8 Å². The van der Waals surface area contributed by atoms with Crippen LogP contribution in [0.15, 0.2) is 60.9 Å². The zero-order valence-electron chi connectivity index (χ0n) is 19.5. The molecule has 0 N–H and O–H groups in total. The number of nitrogens with zero attached hydrogens (tertiary/aromatic N) is 1. The van der Waals surface area contributed by atoms with Crippen LogP contribution in [-0.4, -0.2) is 30.7 Å². The molecule has 1 atom stereocenters. The largest absolute Gasteiger partial charge is 0.512 e. The third kappa shape index (κ3) is 7.99. The summed E-state index contributed by atoms with van der Waals surface area (Å²) in [6.45, 7) is 9.48. The summed E-state index contributed by atoms with van der Waals surface area (Å²) in [5, 5.41) is 0. The average molecular weight is 471 g/mol. The Balaban J connectivity index is 1.51. The molecule has 1 unspecified atom stereocenters. The first-order valence-corrected chi connectivity index (χ1v) is 12.8. The minimum Gasteiger partial charge on any atom is -0.489 e. The zero-order valence-corrected chi connectivity index (χ0v) is 20.4.